The molecule has 0 atom stereocenters. The van der Waals surface area contributed by atoms with Gasteiger partial charge in [0.2, 0.25) is 0 Å². The highest BCUT2D eigenvalue weighted by molar-refractivity contribution is 5.82. The minimum Gasteiger partial charge on any atom is -0.508 e. The molecule has 0 amide bonds. The zero-order valence-corrected chi connectivity index (χ0v) is 13.1. The molecule has 0 aromatic heterocycles. The summed E-state index contributed by atoms with van der Waals surface area (Å²) >= 11 is 0. The number of benzene rings is 2. The fourth-order valence-corrected chi connectivity index (χ4v) is 3.29. The van der Waals surface area contributed by atoms with Crippen molar-refractivity contribution in [3.8, 4) is 11.5 Å². The molecule has 120 valence electrons. The molecule has 1 aliphatic rings. The minimum atomic E-state index is 0.257. The zero-order chi connectivity index (χ0) is 16.2. The van der Waals surface area contributed by atoms with E-state index in [1.807, 2.05) is 24.3 Å². The number of phenolic OH excluding ortho intramolecular Hbond substituents is 2. The minimum absolute atomic E-state index is 0.257. The molecule has 1 aliphatic carbocycles. The summed E-state index contributed by atoms with van der Waals surface area (Å²) in [5.41, 5.74) is 4.71. The summed E-state index contributed by atoms with van der Waals surface area (Å²) in [6.07, 6.45) is 3.96. The summed E-state index contributed by atoms with van der Waals surface area (Å²) in [6, 6.07) is 14.5. The van der Waals surface area contributed by atoms with Gasteiger partial charge < -0.3 is 15.3 Å². The summed E-state index contributed by atoms with van der Waals surface area (Å²) < 4.78 is 0. The Labute approximate surface area is 136 Å². The van der Waals surface area contributed by atoms with Gasteiger partial charge >= 0.3 is 0 Å². The van der Waals surface area contributed by atoms with E-state index < -0.39 is 0 Å². The largest absolute Gasteiger partial charge is 0.508 e. The molecule has 23 heavy (non-hydrogen) atoms. The monoisotopic (exact) mass is 310 g/mol. The van der Waals surface area contributed by atoms with Crippen LogP contribution in [-0.4, -0.2) is 21.9 Å². The standard InChI is InChI=1S/C20H22O3/c21-13-14-1-3-15(4-2-14)20(16-5-9-18(22)10-6-16)17-7-11-19(23)12-8-17/h5-12,14,21-23H,1-4,13H2. The van der Waals surface area contributed by atoms with Crippen LogP contribution in [0, 0.1) is 5.92 Å². The van der Waals surface area contributed by atoms with Gasteiger partial charge in [0.1, 0.15) is 11.5 Å². The number of aliphatic hydroxyl groups is 1. The maximum absolute atomic E-state index is 9.55. The van der Waals surface area contributed by atoms with E-state index in [4.69, 9.17) is 0 Å². The molecule has 1 saturated carbocycles. The Hall–Kier alpha value is -2.26. The summed E-state index contributed by atoms with van der Waals surface area (Å²) in [5.74, 6) is 0.917. The second-order valence-corrected chi connectivity index (χ2v) is 6.20. The van der Waals surface area contributed by atoms with E-state index in [0.717, 1.165) is 36.8 Å². The number of phenols is 2. The molecule has 1 fully saturated rings. The topological polar surface area (TPSA) is 60.7 Å². The summed E-state index contributed by atoms with van der Waals surface area (Å²) in [4.78, 5) is 0. The fourth-order valence-electron chi connectivity index (χ4n) is 3.29. The van der Waals surface area contributed by atoms with Gasteiger partial charge in [0.15, 0.2) is 0 Å². The van der Waals surface area contributed by atoms with Crippen molar-refractivity contribution in [3.05, 3.63) is 65.2 Å². The van der Waals surface area contributed by atoms with Gasteiger partial charge in [0, 0.05) is 6.61 Å². The molecule has 2 aromatic rings. The Morgan fingerprint density at radius 3 is 1.61 bits per heavy atom. The Morgan fingerprint density at radius 2 is 1.22 bits per heavy atom. The van der Waals surface area contributed by atoms with Gasteiger partial charge in [-0.15, -0.1) is 0 Å². The van der Waals surface area contributed by atoms with Crippen LogP contribution < -0.4 is 0 Å². The third kappa shape index (κ3) is 3.57. The summed E-state index contributed by atoms with van der Waals surface area (Å²) in [7, 11) is 0. The van der Waals surface area contributed by atoms with Crippen molar-refractivity contribution < 1.29 is 15.3 Å². The van der Waals surface area contributed by atoms with Gasteiger partial charge in [-0.3, -0.25) is 0 Å². The van der Waals surface area contributed by atoms with Crippen molar-refractivity contribution in [2.24, 2.45) is 5.92 Å². The third-order valence-electron chi connectivity index (χ3n) is 4.63. The van der Waals surface area contributed by atoms with Gasteiger partial charge in [-0.25, -0.2) is 0 Å². The molecule has 0 radical (unpaired) electrons. The molecule has 0 saturated heterocycles. The van der Waals surface area contributed by atoms with Crippen LogP contribution in [0.4, 0.5) is 0 Å². The molecule has 0 heterocycles. The summed E-state index contributed by atoms with van der Waals surface area (Å²) in [5, 5.41) is 28.4. The smallest absolute Gasteiger partial charge is 0.115 e. The molecule has 3 N–H and O–H groups in total. The predicted molar refractivity (Wildman–Crippen MR) is 91.3 cm³/mol. The van der Waals surface area contributed by atoms with Crippen molar-refractivity contribution in [3.63, 3.8) is 0 Å². The molecule has 3 nitrogen and oxygen atoms in total. The molecule has 3 rings (SSSR count). The van der Waals surface area contributed by atoms with E-state index >= 15 is 0 Å². The van der Waals surface area contributed by atoms with Crippen molar-refractivity contribution in [2.75, 3.05) is 6.61 Å². The molecule has 0 aliphatic heterocycles. The van der Waals surface area contributed by atoms with Crippen molar-refractivity contribution in [1.29, 1.82) is 0 Å². The maximum Gasteiger partial charge on any atom is 0.115 e. The van der Waals surface area contributed by atoms with Crippen LogP contribution in [-0.2, 0) is 0 Å². The lowest BCUT2D eigenvalue weighted by Crippen LogP contribution is -2.13. The molecular formula is C20H22O3. The van der Waals surface area contributed by atoms with Crippen LogP contribution >= 0.6 is 0 Å². The third-order valence-corrected chi connectivity index (χ3v) is 4.63. The van der Waals surface area contributed by atoms with Gasteiger partial charge in [-0.1, -0.05) is 29.8 Å². The van der Waals surface area contributed by atoms with E-state index in [2.05, 4.69) is 0 Å². The Kier molecular flexibility index (Phi) is 4.68. The first-order chi connectivity index (χ1) is 11.2. The molecule has 3 heteroatoms. The van der Waals surface area contributed by atoms with Crippen LogP contribution in [0.2, 0.25) is 0 Å². The van der Waals surface area contributed by atoms with Crippen LogP contribution in [0.3, 0.4) is 0 Å². The van der Waals surface area contributed by atoms with Crippen molar-refractivity contribution in [1.82, 2.24) is 0 Å². The Morgan fingerprint density at radius 1 is 0.783 bits per heavy atom. The van der Waals surface area contributed by atoms with Gasteiger partial charge in [0.05, 0.1) is 0 Å². The number of hydrogen-bond donors (Lipinski definition) is 3. The van der Waals surface area contributed by atoms with Crippen molar-refractivity contribution >= 4 is 5.57 Å². The Balaban J connectivity index is 2.03. The normalized spacial score (nSPS) is 18.0. The van der Waals surface area contributed by atoms with Crippen LogP contribution in [0.5, 0.6) is 11.5 Å². The predicted octanol–water partition coefficient (Wildman–Crippen LogP) is 4.08. The molecule has 0 spiro atoms. The van der Waals surface area contributed by atoms with E-state index in [0.29, 0.717) is 5.92 Å². The molecule has 2 aromatic carbocycles. The lowest BCUT2D eigenvalue weighted by molar-refractivity contribution is 0.202. The fraction of sp³-hybridized carbons (Fsp3) is 0.300. The van der Waals surface area contributed by atoms with Gasteiger partial charge in [0.25, 0.3) is 0 Å². The highest BCUT2D eigenvalue weighted by Crippen LogP contribution is 2.37. The van der Waals surface area contributed by atoms with Crippen LogP contribution in [0.1, 0.15) is 36.8 Å². The number of hydrogen-bond acceptors (Lipinski definition) is 3. The zero-order valence-electron chi connectivity index (χ0n) is 13.1. The first-order valence-electron chi connectivity index (χ1n) is 8.09. The molecular weight excluding hydrogens is 288 g/mol. The SMILES string of the molecule is OCC1CCC(=C(c2ccc(O)cc2)c2ccc(O)cc2)CC1. The van der Waals surface area contributed by atoms with E-state index in [9.17, 15) is 15.3 Å². The second-order valence-electron chi connectivity index (χ2n) is 6.20. The molecule has 0 unspecified atom stereocenters. The molecule has 0 bridgehead atoms. The lowest BCUT2D eigenvalue weighted by atomic mass is 9.81. The average Bonchev–Trinajstić information content (AvgIpc) is 2.59. The second kappa shape index (κ2) is 6.88. The Bertz CT molecular complexity index is 626. The first-order valence-corrected chi connectivity index (χ1v) is 8.09. The van der Waals surface area contributed by atoms with E-state index in [1.165, 1.54) is 11.1 Å². The highest BCUT2D eigenvalue weighted by Gasteiger charge is 2.20. The number of allylic oxidation sites excluding steroid dienone is 1. The van der Waals surface area contributed by atoms with Gasteiger partial charge in [-0.05, 0) is 72.6 Å². The quantitative estimate of drug-likeness (QED) is 0.800. The number of rotatable bonds is 3. The maximum atomic E-state index is 9.55. The average molecular weight is 310 g/mol. The van der Waals surface area contributed by atoms with E-state index in [-0.39, 0.29) is 18.1 Å². The highest BCUT2D eigenvalue weighted by atomic mass is 16.3. The summed E-state index contributed by atoms with van der Waals surface area (Å²) in [6.45, 7) is 0.265. The lowest BCUT2D eigenvalue weighted by Gasteiger charge is -2.25. The number of aromatic hydroxyl groups is 2. The van der Waals surface area contributed by atoms with Gasteiger partial charge in [-0.2, -0.15) is 0 Å². The van der Waals surface area contributed by atoms with Crippen LogP contribution in [0.25, 0.3) is 5.57 Å². The van der Waals surface area contributed by atoms with Crippen LogP contribution in [0.15, 0.2) is 54.1 Å². The van der Waals surface area contributed by atoms with Crippen molar-refractivity contribution in [2.45, 2.75) is 25.7 Å². The van der Waals surface area contributed by atoms with E-state index in [1.54, 1.807) is 24.3 Å². The first kappa shape index (κ1) is 15.6. The number of aliphatic hydroxyl groups excluding tert-OH is 1.